The lowest BCUT2D eigenvalue weighted by atomic mass is 9.86. The summed E-state index contributed by atoms with van der Waals surface area (Å²) in [5.74, 6) is 0.0558. The summed E-state index contributed by atoms with van der Waals surface area (Å²) in [6, 6.07) is 3.30. The fourth-order valence-corrected chi connectivity index (χ4v) is 2.63. The van der Waals surface area contributed by atoms with Crippen LogP contribution < -0.4 is 5.73 Å². The Morgan fingerprint density at radius 3 is 2.76 bits per heavy atom. The zero-order valence-corrected chi connectivity index (χ0v) is 10.5. The van der Waals surface area contributed by atoms with Gasteiger partial charge in [-0.25, -0.2) is 4.39 Å². The second-order valence-corrected chi connectivity index (χ2v) is 4.98. The second kappa shape index (κ2) is 5.15. The van der Waals surface area contributed by atoms with Crippen molar-refractivity contribution in [2.24, 2.45) is 11.7 Å². The van der Waals surface area contributed by atoms with Gasteiger partial charge in [0.25, 0.3) is 0 Å². The van der Waals surface area contributed by atoms with E-state index >= 15 is 0 Å². The molecule has 0 spiro atoms. The minimum atomic E-state index is -0.254. The molecule has 0 aliphatic carbocycles. The Balaban J connectivity index is 2.26. The van der Waals surface area contributed by atoms with Gasteiger partial charge in [-0.3, -0.25) is 0 Å². The molecular weight excluding hydrogens is 217 g/mol. The lowest BCUT2D eigenvalue weighted by molar-refractivity contribution is 0.0442. The highest BCUT2D eigenvalue weighted by Gasteiger charge is 2.25. The Kier molecular flexibility index (Phi) is 3.79. The van der Waals surface area contributed by atoms with Crippen molar-refractivity contribution in [3.05, 3.63) is 34.6 Å². The molecule has 94 valence electrons. The van der Waals surface area contributed by atoms with Gasteiger partial charge < -0.3 is 10.5 Å². The fraction of sp³-hybridized carbons (Fsp3) is 0.571. The van der Waals surface area contributed by atoms with Crippen LogP contribution in [0, 0.1) is 25.6 Å². The molecular formula is C14H20FNO. The Bertz CT molecular complexity index is 376. The van der Waals surface area contributed by atoms with Crippen molar-refractivity contribution in [1.82, 2.24) is 0 Å². The van der Waals surface area contributed by atoms with Crippen molar-refractivity contribution in [1.29, 1.82) is 0 Å². The maximum atomic E-state index is 14.0. The van der Waals surface area contributed by atoms with E-state index in [1.807, 2.05) is 19.9 Å². The van der Waals surface area contributed by atoms with E-state index in [9.17, 15) is 4.39 Å². The second-order valence-electron chi connectivity index (χ2n) is 4.98. The first-order chi connectivity index (χ1) is 8.09. The summed E-state index contributed by atoms with van der Waals surface area (Å²) in [6.07, 6.45) is 2.04. The van der Waals surface area contributed by atoms with Crippen LogP contribution in [-0.4, -0.2) is 13.2 Å². The van der Waals surface area contributed by atoms with Crippen LogP contribution in [-0.2, 0) is 4.74 Å². The molecule has 0 aromatic heterocycles. The van der Waals surface area contributed by atoms with Gasteiger partial charge in [0.05, 0.1) is 6.61 Å². The standard InChI is InChI=1S/C14H20FNO/c1-9-6-10(2)13(12(15)7-9)14(16)11-4-3-5-17-8-11/h6-7,11,14H,3-5,8,16H2,1-2H3. The molecule has 1 aliphatic heterocycles. The van der Waals surface area contributed by atoms with E-state index in [0.29, 0.717) is 12.2 Å². The first kappa shape index (κ1) is 12.5. The molecule has 1 aromatic rings. The molecule has 1 heterocycles. The van der Waals surface area contributed by atoms with Gasteiger partial charge in [0.1, 0.15) is 5.82 Å². The maximum absolute atomic E-state index is 14.0. The number of hydrogen-bond acceptors (Lipinski definition) is 2. The molecule has 0 amide bonds. The topological polar surface area (TPSA) is 35.2 Å². The zero-order valence-electron chi connectivity index (χ0n) is 10.5. The van der Waals surface area contributed by atoms with Gasteiger partial charge in [-0.05, 0) is 43.9 Å². The van der Waals surface area contributed by atoms with Gasteiger partial charge in [0.15, 0.2) is 0 Å². The summed E-state index contributed by atoms with van der Waals surface area (Å²) in [5.41, 5.74) is 8.75. The molecule has 2 atom stereocenters. The molecule has 1 aliphatic rings. The highest BCUT2D eigenvalue weighted by atomic mass is 19.1. The largest absolute Gasteiger partial charge is 0.381 e. The predicted molar refractivity (Wildman–Crippen MR) is 66.3 cm³/mol. The van der Waals surface area contributed by atoms with Crippen LogP contribution in [0.15, 0.2) is 12.1 Å². The van der Waals surface area contributed by atoms with E-state index in [0.717, 1.165) is 30.6 Å². The molecule has 1 saturated heterocycles. The summed E-state index contributed by atoms with van der Waals surface area (Å²) < 4.78 is 19.4. The van der Waals surface area contributed by atoms with E-state index in [4.69, 9.17) is 10.5 Å². The third kappa shape index (κ3) is 2.67. The van der Waals surface area contributed by atoms with E-state index in [2.05, 4.69) is 0 Å². The van der Waals surface area contributed by atoms with Gasteiger partial charge >= 0.3 is 0 Å². The average molecular weight is 237 g/mol. The summed E-state index contributed by atoms with van der Waals surface area (Å²) in [5, 5.41) is 0. The number of ether oxygens (including phenoxy) is 1. The van der Waals surface area contributed by atoms with Gasteiger partial charge in [0, 0.05) is 24.1 Å². The third-order valence-electron chi connectivity index (χ3n) is 3.52. The number of aryl methyl sites for hydroxylation is 2. The molecule has 1 aromatic carbocycles. The maximum Gasteiger partial charge on any atom is 0.128 e. The minimum Gasteiger partial charge on any atom is -0.381 e. The molecule has 2 rings (SSSR count). The molecule has 2 nitrogen and oxygen atoms in total. The Morgan fingerprint density at radius 1 is 1.41 bits per heavy atom. The molecule has 17 heavy (non-hydrogen) atoms. The quantitative estimate of drug-likeness (QED) is 0.858. The molecule has 1 fully saturated rings. The third-order valence-corrected chi connectivity index (χ3v) is 3.52. The van der Waals surface area contributed by atoms with Gasteiger partial charge in [-0.15, -0.1) is 0 Å². The average Bonchev–Trinajstić information content (AvgIpc) is 2.28. The van der Waals surface area contributed by atoms with Gasteiger partial charge in [-0.2, -0.15) is 0 Å². The van der Waals surface area contributed by atoms with Gasteiger partial charge in [0.2, 0.25) is 0 Å². The lowest BCUT2D eigenvalue weighted by Gasteiger charge is -2.29. The van der Waals surface area contributed by atoms with E-state index < -0.39 is 0 Å². The summed E-state index contributed by atoms with van der Waals surface area (Å²) in [6.45, 7) is 5.27. The van der Waals surface area contributed by atoms with Crippen LogP contribution in [0.3, 0.4) is 0 Å². The zero-order chi connectivity index (χ0) is 12.4. The van der Waals surface area contributed by atoms with Crippen LogP contribution in [0.1, 0.15) is 35.6 Å². The Labute approximate surface area is 102 Å². The number of nitrogens with two attached hydrogens (primary N) is 1. The molecule has 0 saturated carbocycles. The van der Waals surface area contributed by atoms with Crippen molar-refractivity contribution in [2.45, 2.75) is 32.7 Å². The monoisotopic (exact) mass is 237 g/mol. The van der Waals surface area contributed by atoms with E-state index in [-0.39, 0.29) is 17.8 Å². The summed E-state index contributed by atoms with van der Waals surface area (Å²) >= 11 is 0. The molecule has 2 N–H and O–H groups in total. The highest BCUT2D eigenvalue weighted by molar-refractivity contribution is 5.34. The SMILES string of the molecule is Cc1cc(C)c(C(N)C2CCCOC2)c(F)c1. The van der Waals surface area contributed by atoms with Crippen molar-refractivity contribution in [3.8, 4) is 0 Å². The van der Waals surface area contributed by atoms with Crippen LogP contribution in [0.4, 0.5) is 4.39 Å². The van der Waals surface area contributed by atoms with Crippen LogP contribution in [0.2, 0.25) is 0 Å². The summed E-state index contributed by atoms with van der Waals surface area (Å²) in [4.78, 5) is 0. The predicted octanol–water partition coefficient (Wildman–Crippen LogP) is 2.87. The molecule has 0 bridgehead atoms. The molecule has 0 radical (unpaired) electrons. The first-order valence-electron chi connectivity index (χ1n) is 6.19. The molecule has 2 unspecified atom stereocenters. The van der Waals surface area contributed by atoms with E-state index in [1.165, 1.54) is 0 Å². The van der Waals surface area contributed by atoms with Crippen molar-refractivity contribution in [2.75, 3.05) is 13.2 Å². The summed E-state index contributed by atoms with van der Waals surface area (Å²) in [7, 11) is 0. The number of rotatable bonds is 2. The minimum absolute atomic E-state index is 0.180. The fourth-order valence-electron chi connectivity index (χ4n) is 2.63. The van der Waals surface area contributed by atoms with Gasteiger partial charge in [-0.1, -0.05) is 6.07 Å². The number of hydrogen-bond donors (Lipinski definition) is 1. The smallest absolute Gasteiger partial charge is 0.128 e. The van der Waals surface area contributed by atoms with Crippen LogP contribution in [0.5, 0.6) is 0 Å². The number of halogens is 1. The van der Waals surface area contributed by atoms with Crippen molar-refractivity contribution >= 4 is 0 Å². The highest BCUT2D eigenvalue weighted by Crippen LogP contribution is 2.30. The first-order valence-corrected chi connectivity index (χ1v) is 6.19. The van der Waals surface area contributed by atoms with Crippen LogP contribution in [0.25, 0.3) is 0 Å². The van der Waals surface area contributed by atoms with E-state index in [1.54, 1.807) is 6.07 Å². The Hall–Kier alpha value is -0.930. The molecule has 3 heteroatoms. The normalized spacial score (nSPS) is 22.5. The number of benzene rings is 1. The van der Waals surface area contributed by atoms with Crippen molar-refractivity contribution in [3.63, 3.8) is 0 Å². The van der Waals surface area contributed by atoms with Crippen molar-refractivity contribution < 1.29 is 9.13 Å². The Morgan fingerprint density at radius 2 is 2.18 bits per heavy atom. The lowest BCUT2D eigenvalue weighted by Crippen LogP contribution is -2.30. The van der Waals surface area contributed by atoms with Crippen LogP contribution >= 0.6 is 0 Å².